The SMILES string of the molecule is COCCN(CC(=O)N1CCc2sccc2[C@H]1c1ccccc1C)C(=O)C1CCC1. The summed E-state index contributed by atoms with van der Waals surface area (Å²) in [6, 6.07) is 10.4. The van der Waals surface area contributed by atoms with E-state index in [9.17, 15) is 9.59 Å². The monoisotopic (exact) mass is 426 g/mol. The van der Waals surface area contributed by atoms with Gasteiger partial charge in [0.1, 0.15) is 0 Å². The third-order valence-electron chi connectivity index (χ3n) is 6.43. The van der Waals surface area contributed by atoms with E-state index in [2.05, 4.69) is 30.5 Å². The highest BCUT2D eigenvalue weighted by molar-refractivity contribution is 7.10. The van der Waals surface area contributed by atoms with Crippen molar-refractivity contribution in [2.75, 3.05) is 33.4 Å². The van der Waals surface area contributed by atoms with Crippen LogP contribution in [-0.2, 0) is 20.7 Å². The Bertz CT molecular complexity index is 905. The molecule has 1 aliphatic carbocycles. The Morgan fingerprint density at radius 2 is 2.00 bits per heavy atom. The average Bonchev–Trinajstić information content (AvgIpc) is 3.18. The lowest BCUT2D eigenvalue weighted by Gasteiger charge is -2.39. The molecule has 6 heteroatoms. The van der Waals surface area contributed by atoms with Crippen LogP contribution in [-0.4, -0.2) is 55.0 Å². The number of aryl methyl sites for hydroxylation is 1. The Kier molecular flexibility index (Phi) is 6.54. The fourth-order valence-electron chi connectivity index (χ4n) is 4.45. The van der Waals surface area contributed by atoms with Crippen LogP contribution >= 0.6 is 11.3 Å². The number of methoxy groups -OCH3 is 1. The van der Waals surface area contributed by atoms with Crippen molar-refractivity contribution in [1.82, 2.24) is 9.80 Å². The first-order valence-electron chi connectivity index (χ1n) is 10.8. The van der Waals surface area contributed by atoms with E-state index < -0.39 is 0 Å². The molecule has 2 heterocycles. The summed E-state index contributed by atoms with van der Waals surface area (Å²) in [6.45, 7) is 3.82. The highest BCUT2D eigenvalue weighted by Gasteiger charge is 2.36. The first-order chi connectivity index (χ1) is 14.6. The van der Waals surface area contributed by atoms with E-state index in [1.165, 1.54) is 21.6 Å². The Labute approximate surface area is 182 Å². The number of rotatable bonds is 7. The Hall–Kier alpha value is -2.18. The van der Waals surface area contributed by atoms with Gasteiger partial charge in [-0.25, -0.2) is 0 Å². The molecule has 0 saturated heterocycles. The van der Waals surface area contributed by atoms with Crippen LogP contribution in [0.15, 0.2) is 35.7 Å². The van der Waals surface area contributed by atoms with E-state index in [-0.39, 0.29) is 30.3 Å². The van der Waals surface area contributed by atoms with E-state index in [1.54, 1.807) is 23.3 Å². The van der Waals surface area contributed by atoms with Gasteiger partial charge in [0.2, 0.25) is 11.8 Å². The van der Waals surface area contributed by atoms with Gasteiger partial charge in [0.15, 0.2) is 0 Å². The highest BCUT2D eigenvalue weighted by Crippen LogP contribution is 2.39. The molecule has 1 aliphatic heterocycles. The number of carbonyl (C=O) groups excluding carboxylic acids is 2. The number of hydrogen-bond acceptors (Lipinski definition) is 4. The van der Waals surface area contributed by atoms with Gasteiger partial charge in [0, 0.05) is 31.0 Å². The number of carbonyl (C=O) groups is 2. The molecule has 0 unspecified atom stereocenters. The lowest BCUT2D eigenvalue weighted by Crippen LogP contribution is -2.49. The molecule has 0 N–H and O–H groups in total. The van der Waals surface area contributed by atoms with Crippen molar-refractivity contribution >= 4 is 23.2 Å². The lowest BCUT2D eigenvalue weighted by molar-refractivity contribution is -0.146. The molecule has 0 spiro atoms. The molecule has 2 aliphatic rings. The van der Waals surface area contributed by atoms with Gasteiger partial charge < -0.3 is 14.5 Å². The smallest absolute Gasteiger partial charge is 0.242 e. The van der Waals surface area contributed by atoms with Gasteiger partial charge in [-0.3, -0.25) is 9.59 Å². The lowest BCUT2D eigenvalue weighted by atomic mass is 9.84. The molecule has 1 aromatic heterocycles. The van der Waals surface area contributed by atoms with Crippen molar-refractivity contribution in [2.24, 2.45) is 5.92 Å². The maximum absolute atomic E-state index is 13.5. The van der Waals surface area contributed by atoms with E-state index in [1.807, 2.05) is 17.0 Å². The van der Waals surface area contributed by atoms with Crippen LogP contribution in [0.3, 0.4) is 0 Å². The molecule has 0 radical (unpaired) electrons. The van der Waals surface area contributed by atoms with Crippen molar-refractivity contribution in [3.05, 3.63) is 57.3 Å². The average molecular weight is 427 g/mol. The number of nitrogens with zero attached hydrogens (tertiary/aromatic N) is 2. The zero-order valence-electron chi connectivity index (χ0n) is 17.8. The first kappa shape index (κ1) is 21.1. The Balaban J connectivity index is 1.59. The number of ether oxygens (including phenoxy) is 1. The number of thiophene rings is 1. The minimum Gasteiger partial charge on any atom is -0.383 e. The Morgan fingerprint density at radius 1 is 1.20 bits per heavy atom. The molecule has 4 rings (SSSR count). The molecule has 30 heavy (non-hydrogen) atoms. The van der Waals surface area contributed by atoms with Crippen LogP contribution in [0.2, 0.25) is 0 Å². The van der Waals surface area contributed by atoms with Crippen molar-refractivity contribution in [2.45, 2.75) is 38.6 Å². The number of benzene rings is 1. The summed E-state index contributed by atoms with van der Waals surface area (Å²) in [5.41, 5.74) is 3.57. The molecule has 1 aromatic carbocycles. The molecule has 0 bridgehead atoms. The van der Waals surface area contributed by atoms with E-state index in [0.717, 1.165) is 25.7 Å². The normalized spacial score (nSPS) is 18.6. The van der Waals surface area contributed by atoms with Crippen LogP contribution < -0.4 is 0 Å². The zero-order valence-corrected chi connectivity index (χ0v) is 18.6. The summed E-state index contributed by atoms with van der Waals surface area (Å²) in [5, 5.41) is 2.12. The van der Waals surface area contributed by atoms with Gasteiger partial charge in [0.25, 0.3) is 0 Å². The third kappa shape index (κ3) is 4.16. The van der Waals surface area contributed by atoms with E-state index in [0.29, 0.717) is 19.7 Å². The second kappa shape index (κ2) is 9.31. The number of amides is 2. The maximum Gasteiger partial charge on any atom is 0.242 e. The summed E-state index contributed by atoms with van der Waals surface area (Å²) in [5.74, 6) is 0.197. The summed E-state index contributed by atoms with van der Waals surface area (Å²) >= 11 is 1.77. The fourth-order valence-corrected chi connectivity index (χ4v) is 5.35. The second-order valence-electron chi connectivity index (χ2n) is 8.28. The predicted octanol–water partition coefficient (Wildman–Crippen LogP) is 3.81. The highest BCUT2D eigenvalue weighted by atomic mass is 32.1. The van der Waals surface area contributed by atoms with Crippen LogP contribution in [0, 0.1) is 12.8 Å². The van der Waals surface area contributed by atoms with Gasteiger partial charge in [0.05, 0.1) is 19.2 Å². The van der Waals surface area contributed by atoms with Gasteiger partial charge in [-0.1, -0.05) is 30.7 Å². The quantitative estimate of drug-likeness (QED) is 0.677. The summed E-state index contributed by atoms with van der Waals surface area (Å²) in [4.78, 5) is 31.5. The summed E-state index contributed by atoms with van der Waals surface area (Å²) in [6.07, 6.45) is 3.84. The van der Waals surface area contributed by atoms with Crippen LogP contribution in [0.5, 0.6) is 0 Å². The van der Waals surface area contributed by atoms with Gasteiger partial charge in [-0.2, -0.15) is 0 Å². The van der Waals surface area contributed by atoms with Crippen molar-refractivity contribution in [3.8, 4) is 0 Å². The third-order valence-corrected chi connectivity index (χ3v) is 7.42. The minimum atomic E-state index is -0.0863. The standard InChI is InChI=1S/C24H30N2O3S/c1-17-6-3-4-9-19(17)23-20-11-15-30-21(20)10-12-26(23)22(27)16-25(13-14-29-2)24(28)18-7-5-8-18/h3-4,6,9,11,15,18,23H,5,7-8,10,12-14,16H2,1-2H3/t23-/m1/s1. The van der Waals surface area contributed by atoms with Gasteiger partial charge >= 0.3 is 0 Å². The van der Waals surface area contributed by atoms with Crippen LogP contribution in [0.25, 0.3) is 0 Å². The van der Waals surface area contributed by atoms with Crippen LogP contribution in [0.4, 0.5) is 0 Å². The van der Waals surface area contributed by atoms with Crippen molar-refractivity contribution < 1.29 is 14.3 Å². The largest absolute Gasteiger partial charge is 0.383 e. The molecular formula is C24H30N2O3S. The van der Waals surface area contributed by atoms with Crippen molar-refractivity contribution in [1.29, 1.82) is 0 Å². The zero-order chi connectivity index (χ0) is 21.1. The van der Waals surface area contributed by atoms with E-state index >= 15 is 0 Å². The minimum absolute atomic E-state index is 0.0175. The Morgan fingerprint density at radius 3 is 2.70 bits per heavy atom. The molecule has 5 nitrogen and oxygen atoms in total. The number of hydrogen-bond donors (Lipinski definition) is 0. The summed E-state index contributed by atoms with van der Waals surface area (Å²) in [7, 11) is 1.63. The molecule has 1 fully saturated rings. The first-order valence-corrected chi connectivity index (χ1v) is 11.7. The molecule has 2 amide bonds. The molecule has 1 saturated carbocycles. The number of fused-ring (bicyclic) bond motifs is 1. The molecule has 1 atom stereocenters. The molecule has 2 aromatic rings. The summed E-state index contributed by atoms with van der Waals surface area (Å²) < 4.78 is 5.21. The van der Waals surface area contributed by atoms with Gasteiger partial charge in [-0.15, -0.1) is 11.3 Å². The maximum atomic E-state index is 13.5. The van der Waals surface area contributed by atoms with Crippen LogP contribution in [0.1, 0.15) is 46.9 Å². The predicted molar refractivity (Wildman–Crippen MR) is 119 cm³/mol. The molecule has 160 valence electrons. The second-order valence-corrected chi connectivity index (χ2v) is 9.28. The fraction of sp³-hybridized carbons (Fsp3) is 0.500. The topological polar surface area (TPSA) is 49.9 Å². The van der Waals surface area contributed by atoms with Gasteiger partial charge in [-0.05, 0) is 54.3 Å². The van der Waals surface area contributed by atoms with E-state index in [4.69, 9.17) is 4.74 Å². The molecular weight excluding hydrogens is 396 g/mol. The van der Waals surface area contributed by atoms with Crippen molar-refractivity contribution in [3.63, 3.8) is 0 Å².